The van der Waals surface area contributed by atoms with Gasteiger partial charge in [-0.3, -0.25) is 4.79 Å². The van der Waals surface area contributed by atoms with Crippen LogP contribution in [0.5, 0.6) is 0 Å². The van der Waals surface area contributed by atoms with Gasteiger partial charge >= 0.3 is 6.03 Å². The lowest BCUT2D eigenvalue weighted by Gasteiger charge is -2.32. The Morgan fingerprint density at radius 1 is 1.45 bits per heavy atom. The molecule has 1 atom stereocenters. The molecular weight excluding hydrogens is 300 g/mol. The molecule has 22 heavy (non-hydrogen) atoms. The molecule has 1 aromatic rings. The van der Waals surface area contributed by atoms with Gasteiger partial charge in [-0.2, -0.15) is 11.3 Å². The van der Waals surface area contributed by atoms with Crippen LogP contribution in [0, 0.1) is 5.92 Å². The fraction of sp³-hybridized carbons (Fsp3) is 0.600. The molecule has 1 aliphatic heterocycles. The third kappa shape index (κ3) is 4.20. The van der Waals surface area contributed by atoms with Gasteiger partial charge in [-0.1, -0.05) is 0 Å². The second-order valence-electron chi connectivity index (χ2n) is 5.89. The standard InChI is InChI=1S/C15H24N4O2S/c1-18(2)13(12-5-8-22-10-12)9-17-15(21)19-6-3-11(4-7-19)14(16)20/h5,8,10-11,13H,3-4,6-7,9H2,1-2H3,(H2,16,20)(H,17,21). The number of carbonyl (C=O) groups excluding carboxylic acids is 2. The van der Waals surface area contributed by atoms with Crippen LogP contribution >= 0.6 is 11.3 Å². The van der Waals surface area contributed by atoms with E-state index in [4.69, 9.17) is 5.73 Å². The van der Waals surface area contributed by atoms with Crippen molar-refractivity contribution in [1.29, 1.82) is 0 Å². The highest BCUT2D eigenvalue weighted by atomic mass is 32.1. The van der Waals surface area contributed by atoms with Crippen molar-refractivity contribution in [2.75, 3.05) is 33.7 Å². The third-order valence-electron chi connectivity index (χ3n) is 4.18. The summed E-state index contributed by atoms with van der Waals surface area (Å²) in [5.41, 5.74) is 6.52. The summed E-state index contributed by atoms with van der Waals surface area (Å²) in [6.45, 7) is 1.74. The number of hydrogen-bond acceptors (Lipinski definition) is 4. The minimum absolute atomic E-state index is 0.0648. The molecule has 3 N–H and O–H groups in total. The predicted molar refractivity (Wildman–Crippen MR) is 87.6 cm³/mol. The maximum atomic E-state index is 12.3. The summed E-state index contributed by atoms with van der Waals surface area (Å²) in [6.07, 6.45) is 1.31. The van der Waals surface area contributed by atoms with E-state index in [1.54, 1.807) is 16.2 Å². The average Bonchev–Trinajstić information content (AvgIpc) is 3.01. The fourth-order valence-corrected chi connectivity index (χ4v) is 3.43. The van der Waals surface area contributed by atoms with Gasteiger partial charge in [0.15, 0.2) is 0 Å². The van der Waals surface area contributed by atoms with Crippen LogP contribution in [0.2, 0.25) is 0 Å². The average molecular weight is 324 g/mol. The van der Waals surface area contributed by atoms with Crippen LogP contribution in [0.15, 0.2) is 16.8 Å². The number of nitrogens with two attached hydrogens (primary N) is 1. The molecule has 2 heterocycles. The van der Waals surface area contributed by atoms with Crippen LogP contribution < -0.4 is 11.1 Å². The molecule has 0 saturated carbocycles. The highest BCUT2D eigenvalue weighted by Crippen LogP contribution is 2.20. The van der Waals surface area contributed by atoms with E-state index in [0.717, 1.165) is 0 Å². The van der Waals surface area contributed by atoms with Gasteiger partial charge in [0.05, 0.1) is 6.04 Å². The van der Waals surface area contributed by atoms with Crippen molar-refractivity contribution in [1.82, 2.24) is 15.1 Å². The molecule has 7 heteroatoms. The summed E-state index contributed by atoms with van der Waals surface area (Å²) in [7, 11) is 4.01. The Hall–Kier alpha value is -1.60. The fourth-order valence-electron chi connectivity index (χ4n) is 2.73. The molecule has 1 fully saturated rings. The Labute approximate surface area is 135 Å². The first-order valence-corrected chi connectivity index (χ1v) is 8.44. The number of likely N-dealkylation sites (N-methyl/N-ethyl adjacent to an activating group) is 1. The molecule has 1 aliphatic rings. The minimum Gasteiger partial charge on any atom is -0.369 e. The molecule has 0 radical (unpaired) electrons. The summed E-state index contributed by atoms with van der Waals surface area (Å²) in [5, 5.41) is 7.15. The Morgan fingerprint density at radius 3 is 2.64 bits per heavy atom. The van der Waals surface area contributed by atoms with Gasteiger partial charge in [0.1, 0.15) is 0 Å². The summed E-state index contributed by atoms with van der Waals surface area (Å²) in [6, 6.07) is 2.18. The number of nitrogens with zero attached hydrogens (tertiary/aromatic N) is 2. The highest BCUT2D eigenvalue weighted by Gasteiger charge is 2.26. The van der Waals surface area contributed by atoms with Gasteiger partial charge in [0, 0.05) is 25.6 Å². The minimum atomic E-state index is -0.259. The largest absolute Gasteiger partial charge is 0.369 e. The summed E-state index contributed by atoms with van der Waals surface area (Å²) < 4.78 is 0. The molecule has 0 bridgehead atoms. The van der Waals surface area contributed by atoms with Gasteiger partial charge in [-0.25, -0.2) is 4.79 Å². The first kappa shape index (κ1) is 16.8. The van der Waals surface area contributed by atoms with E-state index in [-0.39, 0.29) is 23.9 Å². The lowest BCUT2D eigenvalue weighted by molar-refractivity contribution is -0.123. The van der Waals surface area contributed by atoms with Gasteiger partial charge in [0.25, 0.3) is 0 Å². The van der Waals surface area contributed by atoms with E-state index in [0.29, 0.717) is 32.5 Å². The first-order valence-electron chi connectivity index (χ1n) is 7.49. The number of likely N-dealkylation sites (tertiary alicyclic amines) is 1. The number of carbonyl (C=O) groups is 2. The van der Waals surface area contributed by atoms with E-state index in [1.807, 2.05) is 19.5 Å². The number of hydrogen-bond donors (Lipinski definition) is 2. The van der Waals surface area contributed by atoms with Gasteiger partial charge in [0.2, 0.25) is 5.91 Å². The second kappa shape index (κ2) is 7.60. The normalized spacial score (nSPS) is 17.5. The zero-order chi connectivity index (χ0) is 16.1. The van der Waals surface area contributed by atoms with Crippen molar-refractivity contribution >= 4 is 23.3 Å². The number of primary amides is 1. The summed E-state index contributed by atoms with van der Waals surface area (Å²) in [4.78, 5) is 27.3. The van der Waals surface area contributed by atoms with Crippen molar-refractivity contribution in [3.63, 3.8) is 0 Å². The molecule has 1 aromatic heterocycles. The molecule has 0 aromatic carbocycles. The van der Waals surface area contributed by atoms with Crippen LogP contribution in [0.25, 0.3) is 0 Å². The van der Waals surface area contributed by atoms with Crippen LogP contribution in [-0.4, -0.2) is 55.5 Å². The molecule has 3 amide bonds. The first-order chi connectivity index (χ1) is 10.5. The summed E-state index contributed by atoms with van der Waals surface area (Å²) >= 11 is 1.66. The topological polar surface area (TPSA) is 78.7 Å². The van der Waals surface area contributed by atoms with Crippen molar-refractivity contribution in [3.05, 3.63) is 22.4 Å². The molecule has 1 unspecified atom stereocenters. The lowest BCUT2D eigenvalue weighted by Crippen LogP contribution is -2.47. The molecule has 122 valence electrons. The van der Waals surface area contributed by atoms with Crippen molar-refractivity contribution < 1.29 is 9.59 Å². The zero-order valence-electron chi connectivity index (χ0n) is 13.1. The maximum absolute atomic E-state index is 12.3. The smallest absolute Gasteiger partial charge is 0.317 e. The van der Waals surface area contributed by atoms with Crippen LogP contribution in [0.1, 0.15) is 24.4 Å². The molecule has 0 spiro atoms. The maximum Gasteiger partial charge on any atom is 0.317 e. The van der Waals surface area contributed by atoms with E-state index < -0.39 is 0 Å². The van der Waals surface area contributed by atoms with E-state index >= 15 is 0 Å². The molecule has 2 rings (SSSR count). The Kier molecular flexibility index (Phi) is 5.79. The number of rotatable bonds is 5. The van der Waals surface area contributed by atoms with Gasteiger partial charge in [-0.05, 0) is 49.3 Å². The number of amides is 3. The second-order valence-corrected chi connectivity index (χ2v) is 6.67. The number of piperidine rings is 1. The monoisotopic (exact) mass is 324 g/mol. The van der Waals surface area contributed by atoms with Gasteiger partial charge < -0.3 is 20.9 Å². The summed E-state index contributed by atoms with van der Waals surface area (Å²) in [5.74, 6) is -0.352. The number of thiophene rings is 1. The SMILES string of the molecule is CN(C)C(CNC(=O)N1CCC(C(N)=O)CC1)c1ccsc1. The predicted octanol–water partition coefficient (Wildman–Crippen LogP) is 1.26. The number of urea groups is 1. The van der Waals surface area contributed by atoms with Crippen LogP contribution in [-0.2, 0) is 4.79 Å². The quantitative estimate of drug-likeness (QED) is 0.856. The molecule has 6 nitrogen and oxygen atoms in total. The molecule has 1 saturated heterocycles. The van der Waals surface area contributed by atoms with E-state index in [9.17, 15) is 9.59 Å². The van der Waals surface area contributed by atoms with E-state index in [2.05, 4.69) is 21.7 Å². The molecular formula is C15H24N4O2S. The Morgan fingerprint density at radius 2 is 2.14 bits per heavy atom. The van der Waals surface area contributed by atoms with Crippen molar-refractivity contribution in [2.24, 2.45) is 11.7 Å². The van der Waals surface area contributed by atoms with Gasteiger partial charge in [-0.15, -0.1) is 0 Å². The molecule has 0 aliphatic carbocycles. The van der Waals surface area contributed by atoms with Crippen LogP contribution in [0.4, 0.5) is 4.79 Å². The highest BCUT2D eigenvalue weighted by molar-refractivity contribution is 7.07. The van der Waals surface area contributed by atoms with E-state index in [1.165, 1.54) is 5.56 Å². The number of nitrogens with one attached hydrogen (secondary N) is 1. The Bertz CT molecular complexity index is 496. The van der Waals surface area contributed by atoms with Crippen molar-refractivity contribution in [2.45, 2.75) is 18.9 Å². The third-order valence-corrected chi connectivity index (χ3v) is 4.88. The zero-order valence-corrected chi connectivity index (χ0v) is 13.9. The van der Waals surface area contributed by atoms with Crippen LogP contribution in [0.3, 0.4) is 0 Å². The lowest BCUT2D eigenvalue weighted by atomic mass is 9.96. The Balaban J connectivity index is 1.83. The van der Waals surface area contributed by atoms with Crippen molar-refractivity contribution in [3.8, 4) is 0 Å².